The van der Waals surface area contributed by atoms with E-state index in [0.29, 0.717) is 6.42 Å². The first-order valence-electron chi connectivity index (χ1n) is 5.72. The molecule has 6 heteroatoms. The lowest BCUT2D eigenvalue weighted by atomic mass is 10.0. The van der Waals surface area contributed by atoms with E-state index in [0.717, 1.165) is 22.6 Å². The molecule has 0 saturated carbocycles. The van der Waals surface area contributed by atoms with E-state index in [1.165, 1.54) is 23.5 Å². The van der Waals surface area contributed by atoms with Gasteiger partial charge in [0.2, 0.25) is 0 Å². The van der Waals surface area contributed by atoms with Crippen LogP contribution in [0.25, 0.3) is 0 Å². The molecule has 0 fully saturated rings. The summed E-state index contributed by atoms with van der Waals surface area (Å²) >= 11 is 1.53. The van der Waals surface area contributed by atoms with E-state index in [1.54, 1.807) is 11.7 Å². The Kier molecular flexibility index (Phi) is 4.21. The van der Waals surface area contributed by atoms with Crippen molar-refractivity contribution >= 4 is 11.3 Å². The first kappa shape index (κ1) is 14.0. The highest BCUT2D eigenvalue weighted by molar-refractivity contribution is 7.09. The predicted octanol–water partition coefficient (Wildman–Crippen LogP) is 3.67. The molecule has 102 valence electrons. The zero-order valence-corrected chi connectivity index (χ0v) is 11.1. The number of aromatic nitrogens is 1. The average Bonchev–Trinajstić information content (AvgIpc) is 2.89. The summed E-state index contributed by atoms with van der Waals surface area (Å²) in [7, 11) is 1.83. The van der Waals surface area contributed by atoms with Crippen LogP contribution in [0.5, 0.6) is 0 Å². The molecule has 0 aliphatic carbocycles. The van der Waals surface area contributed by atoms with Gasteiger partial charge in [-0.2, -0.15) is 13.2 Å². The number of rotatable bonds is 4. The standard InChI is InChI=1S/C13H13F3N2S/c1-17-11(12-7-18-8-19-12)6-9-2-4-10(5-3-9)13(14,15)16/h2-5,7-8,11,17H,6H2,1H3. The minimum absolute atomic E-state index is 0.0734. The highest BCUT2D eigenvalue weighted by Gasteiger charge is 2.30. The maximum atomic E-state index is 12.5. The molecule has 1 aromatic heterocycles. The van der Waals surface area contributed by atoms with Crippen LogP contribution in [0.1, 0.15) is 22.0 Å². The number of hydrogen-bond donors (Lipinski definition) is 1. The third-order valence-electron chi connectivity index (χ3n) is 2.86. The zero-order valence-electron chi connectivity index (χ0n) is 10.2. The van der Waals surface area contributed by atoms with Crippen LogP contribution in [-0.4, -0.2) is 12.0 Å². The van der Waals surface area contributed by atoms with E-state index in [-0.39, 0.29) is 6.04 Å². The molecule has 0 bridgehead atoms. The van der Waals surface area contributed by atoms with Gasteiger partial charge in [-0.25, -0.2) is 0 Å². The van der Waals surface area contributed by atoms with Gasteiger partial charge in [0.1, 0.15) is 0 Å². The summed E-state index contributed by atoms with van der Waals surface area (Å²) in [5.74, 6) is 0. The second-order valence-electron chi connectivity index (χ2n) is 4.14. The quantitative estimate of drug-likeness (QED) is 0.927. The van der Waals surface area contributed by atoms with Crippen molar-refractivity contribution in [2.45, 2.75) is 18.6 Å². The van der Waals surface area contributed by atoms with Crippen molar-refractivity contribution in [2.75, 3.05) is 7.05 Å². The Morgan fingerprint density at radius 1 is 1.26 bits per heavy atom. The van der Waals surface area contributed by atoms with Crippen molar-refractivity contribution in [3.8, 4) is 0 Å². The summed E-state index contributed by atoms with van der Waals surface area (Å²) in [5, 5.41) is 3.15. The smallest absolute Gasteiger partial charge is 0.312 e. The molecule has 1 unspecified atom stereocenters. The summed E-state index contributed by atoms with van der Waals surface area (Å²) in [6.45, 7) is 0. The number of nitrogens with one attached hydrogen (secondary N) is 1. The summed E-state index contributed by atoms with van der Waals surface area (Å²) < 4.78 is 37.4. The minimum Gasteiger partial charge on any atom is -0.312 e. The van der Waals surface area contributed by atoms with Gasteiger partial charge in [0.15, 0.2) is 0 Å². The van der Waals surface area contributed by atoms with Crippen LogP contribution in [0, 0.1) is 0 Å². The third kappa shape index (κ3) is 3.54. The molecule has 0 amide bonds. The molecule has 0 saturated heterocycles. The van der Waals surface area contributed by atoms with Gasteiger partial charge in [0, 0.05) is 17.1 Å². The fourth-order valence-corrected chi connectivity index (χ4v) is 2.54. The average molecular weight is 286 g/mol. The summed E-state index contributed by atoms with van der Waals surface area (Å²) in [4.78, 5) is 5.08. The number of nitrogens with zero attached hydrogens (tertiary/aromatic N) is 1. The van der Waals surface area contributed by atoms with Crippen LogP contribution in [-0.2, 0) is 12.6 Å². The maximum Gasteiger partial charge on any atom is 0.416 e. The van der Waals surface area contributed by atoms with Gasteiger partial charge in [-0.05, 0) is 31.2 Å². The fraction of sp³-hybridized carbons (Fsp3) is 0.308. The van der Waals surface area contributed by atoms with Crippen LogP contribution in [0.3, 0.4) is 0 Å². The van der Waals surface area contributed by atoms with Gasteiger partial charge in [0.05, 0.1) is 11.1 Å². The molecule has 1 heterocycles. The van der Waals surface area contributed by atoms with E-state index < -0.39 is 11.7 Å². The molecule has 1 atom stereocenters. The lowest BCUT2D eigenvalue weighted by Crippen LogP contribution is -2.17. The monoisotopic (exact) mass is 286 g/mol. The van der Waals surface area contributed by atoms with Crippen molar-refractivity contribution in [3.05, 3.63) is 52.0 Å². The Labute approximate surface area is 113 Å². The van der Waals surface area contributed by atoms with E-state index in [9.17, 15) is 13.2 Å². The number of alkyl halides is 3. The first-order chi connectivity index (χ1) is 9.00. The highest BCUT2D eigenvalue weighted by atomic mass is 32.1. The predicted molar refractivity (Wildman–Crippen MR) is 69.1 cm³/mol. The van der Waals surface area contributed by atoms with Gasteiger partial charge >= 0.3 is 6.18 Å². The molecule has 0 spiro atoms. The highest BCUT2D eigenvalue weighted by Crippen LogP contribution is 2.30. The molecular formula is C13H13F3N2S. The zero-order chi connectivity index (χ0) is 13.9. The normalized spacial score (nSPS) is 13.5. The van der Waals surface area contributed by atoms with Gasteiger partial charge in [0.25, 0.3) is 0 Å². The Morgan fingerprint density at radius 3 is 2.42 bits per heavy atom. The molecule has 2 rings (SSSR count). The number of likely N-dealkylation sites (N-methyl/N-ethyl adjacent to an activating group) is 1. The van der Waals surface area contributed by atoms with Crippen LogP contribution in [0.15, 0.2) is 36.0 Å². The van der Waals surface area contributed by atoms with Gasteiger partial charge in [-0.15, -0.1) is 11.3 Å². The van der Waals surface area contributed by atoms with E-state index >= 15 is 0 Å². The lowest BCUT2D eigenvalue weighted by Gasteiger charge is -2.14. The molecule has 0 aliphatic heterocycles. The maximum absolute atomic E-state index is 12.5. The Hall–Kier alpha value is -1.40. The summed E-state index contributed by atoms with van der Waals surface area (Å²) in [6.07, 6.45) is -1.87. The number of thiazole rings is 1. The van der Waals surface area contributed by atoms with Crippen LogP contribution in [0.4, 0.5) is 13.2 Å². The van der Waals surface area contributed by atoms with E-state index in [1.807, 2.05) is 7.05 Å². The van der Waals surface area contributed by atoms with Crippen molar-refractivity contribution in [1.29, 1.82) is 0 Å². The van der Waals surface area contributed by atoms with Gasteiger partial charge < -0.3 is 5.32 Å². The minimum atomic E-state index is -4.28. The third-order valence-corrected chi connectivity index (χ3v) is 3.75. The largest absolute Gasteiger partial charge is 0.416 e. The second kappa shape index (κ2) is 5.71. The Bertz CT molecular complexity index is 506. The van der Waals surface area contributed by atoms with E-state index in [4.69, 9.17) is 0 Å². The van der Waals surface area contributed by atoms with Crippen molar-refractivity contribution < 1.29 is 13.2 Å². The Balaban J connectivity index is 2.11. The molecule has 1 aromatic carbocycles. The Morgan fingerprint density at radius 2 is 1.95 bits per heavy atom. The molecule has 0 radical (unpaired) electrons. The van der Waals surface area contributed by atoms with Gasteiger partial charge in [-0.1, -0.05) is 12.1 Å². The molecule has 2 aromatic rings. The topological polar surface area (TPSA) is 24.9 Å². The van der Waals surface area contributed by atoms with Crippen molar-refractivity contribution in [3.63, 3.8) is 0 Å². The number of benzene rings is 1. The van der Waals surface area contributed by atoms with E-state index in [2.05, 4.69) is 10.3 Å². The molecule has 19 heavy (non-hydrogen) atoms. The molecular weight excluding hydrogens is 273 g/mol. The molecule has 2 nitrogen and oxygen atoms in total. The van der Waals surface area contributed by atoms with Crippen molar-refractivity contribution in [1.82, 2.24) is 10.3 Å². The SMILES string of the molecule is CNC(Cc1ccc(C(F)(F)F)cc1)c1cncs1. The first-order valence-corrected chi connectivity index (χ1v) is 6.60. The van der Waals surface area contributed by atoms with Gasteiger partial charge in [-0.3, -0.25) is 4.98 Å². The number of halogens is 3. The molecule has 0 aliphatic rings. The number of hydrogen-bond acceptors (Lipinski definition) is 3. The fourth-order valence-electron chi connectivity index (χ4n) is 1.81. The second-order valence-corrected chi connectivity index (χ2v) is 5.06. The van der Waals surface area contributed by atoms with Crippen LogP contribution in [0.2, 0.25) is 0 Å². The summed E-state index contributed by atoms with van der Waals surface area (Å²) in [6, 6.07) is 5.36. The van der Waals surface area contributed by atoms with Crippen LogP contribution >= 0.6 is 11.3 Å². The summed E-state index contributed by atoms with van der Waals surface area (Å²) in [5.41, 5.74) is 1.99. The lowest BCUT2D eigenvalue weighted by molar-refractivity contribution is -0.137. The van der Waals surface area contributed by atoms with Crippen molar-refractivity contribution in [2.24, 2.45) is 0 Å². The van der Waals surface area contributed by atoms with Crippen LogP contribution < -0.4 is 5.32 Å². The molecule has 1 N–H and O–H groups in total.